The quantitative estimate of drug-likeness (QED) is 0.548. The largest absolute Gasteiger partial charge is 0.326 e. The smallest absolute Gasteiger partial charge is 0.271 e. The summed E-state index contributed by atoms with van der Waals surface area (Å²) in [7, 11) is 0. The molecule has 0 saturated carbocycles. The maximum absolute atomic E-state index is 12.3. The van der Waals surface area contributed by atoms with Crippen LogP contribution in [0.15, 0.2) is 59.7 Å². The summed E-state index contributed by atoms with van der Waals surface area (Å²) in [5.74, 6) is -0.303. The fourth-order valence-electron chi connectivity index (χ4n) is 2.47. The summed E-state index contributed by atoms with van der Waals surface area (Å²) in [5.41, 5.74) is 5.65. The summed E-state index contributed by atoms with van der Waals surface area (Å²) in [6, 6.07) is 16.6. The molecule has 0 aliphatic rings. The van der Waals surface area contributed by atoms with Crippen LogP contribution in [0.1, 0.15) is 55.5 Å². The minimum absolute atomic E-state index is 0.0265. The van der Waals surface area contributed by atoms with Gasteiger partial charge in [0.1, 0.15) is 0 Å². The first-order valence-electron chi connectivity index (χ1n) is 8.96. The maximum Gasteiger partial charge on any atom is 0.271 e. The van der Waals surface area contributed by atoms with E-state index in [9.17, 15) is 9.59 Å². The van der Waals surface area contributed by atoms with Crippen LogP contribution in [0.25, 0.3) is 0 Å². The van der Waals surface area contributed by atoms with Gasteiger partial charge in [0.25, 0.3) is 5.91 Å². The summed E-state index contributed by atoms with van der Waals surface area (Å²) in [5, 5.41) is 7.10. The molecular weight excluding hydrogens is 326 g/mol. The Balaban J connectivity index is 2.03. The number of carbonyl (C=O) groups excluding carboxylic acids is 2. The number of anilines is 1. The molecular formula is C21H25N3O2. The Labute approximate surface area is 154 Å². The first-order valence-corrected chi connectivity index (χ1v) is 8.96. The van der Waals surface area contributed by atoms with E-state index in [2.05, 4.69) is 22.8 Å². The molecule has 0 radical (unpaired) electrons. The molecule has 0 heterocycles. The van der Waals surface area contributed by atoms with E-state index in [4.69, 9.17) is 0 Å². The van der Waals surface area contributed by atoms with E-state index in [0.717, 1.165) is 30.5 Å². The predicted octanol–water partition coefficient (Wildman–Crippen LogP) is 4.36. The predicted molar refractivity (Wildman–Crippen MR) is 105 cm³/mol. The van der Waals surface area contributed by atoms with E-state index in [1.54, 1.807) is 24.3 Å². The van der Waals surface area contributed by atoms with E-state index in [-0.39, 0.29) is 11.8 Å². The normalized spacial score (nSPS) is 11.1. The molecule has 5 nitrogen and oxygen atoms in total. The number of benzene rings is 2. The first kappa shape index (κ1) is 19.4. The molecule has 26 heavy (non-hydrogen) atoms. The molecule has 0 saturated heterocycles. The topological polar surface area (TPSA) is 70.6 Å². The Morgan fingerprint density at radius 3 is 2.12 bits per heavy atom. The third-order valence-corrected chi connectivity index (χ3v) is 3.79. The van der Waals surface area contributed by atoms with Crippen molar-refractivity contribution in [2.45, 2.75) is 39.5 Å². The van der Waals surface area contributed by atoms with Crippen LogP contribution >= 0.6 is 0 Å². The lowest BCUT2D eigenvalue weighted by Crippen LogP contribution is -2.20. The summed E-state index contributed by atoms with van der Waals surface area (Å²) < 4.78 is 0. The number of rotatable bonds is 8. The van der Waals surface area contributed by atoms with Gasteiger partial charge in [0.05, 0.1) is 5.71 Å². The fraction of sp³-hybridized carbons (Fsp3) is 0.286. The monoisotopic (exact) mass is 351 g/mol. The van der Waals surface area contributed by atoms with Crippen LogP contribution in [0.4, 0.5) is 5.69 Å². The number of amides is 2. The van der Waals surface area contributed by atoms with E-state index >= 15 is 0 Å². The molecule has 0 fully saturated rings. The highest BCUT2D eigenvalue weighted by Crippen LogP contribution is 2.11. The van der Waals surface area contributed by atoms with Crippen LogP contribution in [-0.2, 0) is 4.79 Å². The van der Waals surface area contributed by atoms with Crippen molar-refractivity contribution in [1.82, 2.24) is 5.43 Å². The van der Waals surface area contributed by atoms with Gasteiger partial charge >= 0.3 is 0 Å². The standard InChI is InChI=1S/C21H25N3O2/c1-3-8-19(16-10-6-5-7-11-16)23-24-21(26)17-12-14-18(15-13-17)22-20(25)9-4-2/h5-7,10-15H,3-4,8-9H2,1-2H3,(H,22,25)(H,24,26)/b23-19+. The lowest BCUT2D eigenvalue weighted by atomic mass is 10.1. The van der Waals surface area contributed by atoms with Crippen molar-refractivity contribution < 1.29 is 9.59 Å². The van der Waals surface area contributed by atoms with E-state index in [1.165, 1.54) is 0 Å². The molecule has 2 rings (SSSR count). The third-order valence-electron chi connectivity index (χ3n) is 3.79. The molecule has 0 bridgehead atoms. The van der Waals surface area contributed by atoms with Crippen LogP contribution < -0.4 is 10.7 Å². The molecule has 136 valence electrons. The van der Waals surface area contributed by atoms with Crippen LogP contribution in [0.2, 0.25) is 0 Å². The molecule has 2 aromatic carbocycles. The van der Waals surface area contributed by atoms with E-state index in [0.29, 0.717) is 17.7 Å². The van der Waals surface area contributed by atoms with Gasteiger partial charge in [-0.3, -0.25) is 9.59 Å². The third kappa shape index (κ3) is 5.84. The Bertz CT molecular complexity index is 753. The molecule has 0 atom stereocenters. The van der Waals surface area contributed by atoms with Gasteiger partial charge < -0.3 is 5.32 Å². The van der Waals surface area contributed by atoms with Crippen molar-refractivity contribution in [3.8, 4) is 0 Å². The highest BCUT2D eigenvalue weighted by atomic mass is 16.2. The first-order chi connectivity index (χ1) is 12.6. The molecule has 0 unspecified atom stereocenters. The van der Waals surface area contributed by atoms with Gasteiger partial charge in [-0.05, 0) is 42.7 Å². The number of carbonyl (C=O) groups is 2. The van der Waals surface area contributed by atoms with Crippen molar-refractivity contribution in [1.29, 1.82) is 0 Å². The maximum atomic E-state index is 12.3. The van der Waals surface area contributed by atoms with Crippen molar-refractivity contribution >= 4 is 23.2 Å². The van der Waals surface area contributed by atoms with Crippen LogP contribution in [0, 0.1) is 0 Å². The lowest BCUT2D eigenvalue weighted by Gasteiger charge is -2.07. The van der Waals surface area contributed by atoms with Crippen molar-refractivity contribution in [2.24, 2.45) is 5.10 Å². The summed E-state index contributed by atoms with van der Waals surface area (Å²) in [6.07, 6.45) is 3.00. The van der Waals surface area contributed by atoms with Crippen molar-refractivity contribution in [2.75, 3.05) is 5.32 Å². The fourth-order valence-corrected chi connectivity index (χ4v) is 2.47. The second kappa shape index (κ2) is 10.1. The number of hydrazone groups is 1. The van der Waals surface area contributed by atoms with Crippen molar-refractivity contribution in [3.05, 3.63) is 65.7 Å². The zero-order valence-corrected chi connectivity index (χ0v) is 15.3. The molecule has 0 spiro atoms. The number of nitrogens with one attached hydrogen (secondary N) is 2. The average molecular weight is 351 g/mol. The number of nitrogens with zero attached hydrogens (tertiary/aromatic N) is 1. The summed E-state index contributed by atoms with van der Waals surface area (Å²) in [6.45, 7) is 4.03. The van der Waals surface area contributed by atoms with Crippen LogP contribution in [0.3, 0.4) is 0 Å². The highest BCUT2D eigenvalue weighted by molar-refractivity contribution is 6.02. The Hall–Kier alpha value is -2.95. The van der Waals surface area contributed by atoms with Gasteiger partial charge in [0.15, 0.2) is 0 Å². The zero-order valence-electron chi connectivity index (χ0n) is 15.3. The molecule has 2 N–H and O–H groups in total. The summed E-state index contributed by atoms with van der Waals surface area (Å²) in [4.78, 5) is 23.9. The Morgan fingerprint density at radius 2 is 1.50 bits per heavy atom. The Morgan fingerprint density at radius 1 is 0.846 bits per heavy atom. The number of hydrogen-bond donors (Lipinski definition) is 2. The van der Waals surface area contributed by atoms with E-state index in [1.807, 2.05) is 37.3 Å². The zero-order chi connectivity index (χ0) is 18.8. The van der Waals surface area contributed by atoms with Crippen molar-refractivity contribution in [3.63, 3.8) is 0 Å². The van der Waals surface area contributed by atoms with Gasteiger partial charge in [0, 0.05) is 17.7 Å². The van der Waals surface area contributed by atoms with E-state index < -0.39 is 0 Å². The molecule has 2 amide bonds. The molecule has 5 heteroatoms. The van der Waals surface area contributed by atoms with Gasteiger partial charge in [-0.2, -0.15) is 5.10 Å². The molecule has 0 aliphatic carbocycles. The summed E-state index contributed by atoms with van der Waals surface area (Å²) >= 11 is 0. The SMILES string of the molecule is CCCC(=O)Nc1ccc(C(=O)N/N=C(\CCC)c2ccccc2)cc1. The van der Waals surface area contributed by atoms with Gasteiger partial charge in [-0.25, -0.2) is 5.43 Å². The molecule has 0 aliphatic heterocycles. The molecule has 0 aromatic heterocycles. The number of hydrogen-bond acceptors (Lipinski definition) is 3. The minimum atomic E-state index is -0.277. The van der Waals surface area contributed by atoms with Crippen LogP contribution in [0.5, 0.6) is 0 Å². The second-order valence-electron chi connectivity index (χ2n) is 5.99. The van der Waals surface area contributed by atoms with Gasteiger partial charge in [-0.1, -0.05) is 50.6 Å². The Kier molecular flexibility index (Phi) is 7.55. The van der Waals surface area contributed by atoms with Gasteiger partial charge in [-0.15, -0.1) is 0 Å². The van der Waals surface area contributed by atoms with Gasteiger partial charge in [0.2, 0.25) is 5.91 Å². The lowest BCUT2D eigenvalue weighted by molar-refractivity contribution is -0.116. The van der Waals surface area contributed by atoms with Crippen LogP contribution in [-0.4, -0.2) is 17.5 Å². The average Bonchev–Trinajstić information content (AvgIpc) is 2.66. The molecule has 2 aromatic rings. The highest BCUT2D eigenvalue weighted by Gasteiger charge is 2.08. The minimum Gasteiger partial charge on any atom is -0.326 e. The second-order valence-corrected chi connectivity index (χ2v) is 5.99.